The van der Waals surface area contributed by atoms with E-state index in [0.717, 1.165) is 11.3 Å². The lowest BCUT2D eigenvalue weighted by molar-refractivity contribution is 0.335. The van der Waals surface area contributed by atoms with E-state index in [1.54, 1.807) is 0 Å². The van der Waals surface area contributed by atoms with Gasteiger partial charge in [-0.1, -0.05) is 18.2 Å². The van der Waals surface area contributed by atoms with Crippen molar-refractivity contribution in [3.8, 4) is 5.75 Å². The first-order chi connectivity index (χ1) is 8.36. The zero-order valence-electron chi connectivity index (χ0n) is 11.6. The Hall–Kier alpha value is -0.870. The molecule has 0 aliphatic carbocycles. The molecule has 0 aliphatic heterocycles. The molecule has 2 unspecified atom stereocenters. The van der Waals surface area contributed by atoms with Gasteiger partial charge in [-0.2, -0.15) is 0 Å². The van der Waals surface area contributed by atoms with Crippen molar-refractivity contribution < 1.29 is 8.95 Å². The highest BCUT2D eigenvalue weighted by atomic mass is 32.2. The van der Waals surface area contributed by atoms with Crippen LogP contribution in [0.4, 0.5) is 0 Å². The number of hydrogen-bond donors (Lipinski definition) is 1. The van der Waals surface area contributed by atoms with Gasteiger partial charge in [-0.3, -0.25) is 4.21 Å². The van der Waals surface area contributed by atoms with Crippen molar-refractivity contribution in [3.05, 3.63) is 29.8 Å². The Morgan fingerprint density at radius 3 is 2.50 bits per heavy atom. The summed E-state index contributed by atoms with van der Waals surface area (Å²) in [6.45, 7) is 8.43. The van der Waals surface area contributed by atoms with Gasteiger partial charge < -0.3 is 10.5 Å². The first-order valence-corrected chi connectivity index (χ1v) is 7.54. The summed E-state index contributed by atoms with van der Waals surface area (Å²) in [6.07, 6.45) is 0. The molecule has 0 fully saturated rings. The third-order valence-corrected chi connectivity index (χ3v) is 4.66. The molecule has 2 N–H and O–H groups in total. The molecule has 2 atom stereocenters. The summed E-state index contributed by atoms with van der Waals surface area (Å²) in [5.41, 5.74) is 7.08. The molecule has 0 radical (unpaired) electrons. The van der Waals surface area contributed by atoms with Crippen LogP contribution in [-0.2, 0) is 10.8 Å². The molecule has 3 nitrogen and oxygen atoms in total. The molecule has 1 rings (SSSR count). The zero-order valence-corrected chi connectivity index (χ0v) is 12.4. The number of nitrogens with two attached hydrogens (primary N) is 1. The number of hydrogen-bond acceptors (Lipinski definition) is 3. The van der Waals surface area contributed by atoms with Crippen LogP contribution in [0, 0.1) is 0 Å². The normalized spacial score (nSPS) is 15.2. The second-order valence-electron chi connectivity index (χ2n) is 5.20. The first kappa shape index (κ1) is 15.2. The Morgan fingerprint density at radius 2 is 1.94 bits per heavy atom. The average molecular weight is 269 g/mol. The van der Waals surface area contributed by atoms with E-state index in [2.05, 4.69) is 0 Å². The molecule has 0 amide bonds. The van der Waals surface area contributed by atoms with Crippen LogP contribution in [0.25, 0.3) is 0 Å². The fraction of sp³-hybridized carbons (Fsp3) is 0.571. The highest BCUT2D eigenvalue weighted by molar-refractivity contribution is 7.86. The van der Waals surface area contributed by atoms with Crippen molar-refractivity contribution in [1.29, 1.82) is 0 Å². The largest absolute Gasteiger partial charge is 0.494 e. The first-order valence-electron chi connectivity index (χ1n) is 6.22. The van der Waals surface area contributed by atoms with Gasteiger partial charge in [0.25, 0.3) is 0 Å². The molecule has 0 saturated heterocycles. The maximum absolute atomic E-state index is 12.1. The summed E-state index contributed by atoms with van der Waals surface area (Å²) in [6, 6.07) is 7.43. The second kappa shape index (κ2) is 6.34. The van der Waals surface area contributed by atoms with E-state index < -0.39 is 10.8 Å². The molecular formula is C14H23NO2S. The maximum atomic E-state index is 12.1. The third-order valence-electron chi connectivity index (χ3n) is 2.63. The zero-order chi connectivity index (χ0) is 13.8. The fourth-order valence-corrected chi connectivity index (χ4v) is 2.58. The Bertz CT molecular complexity index is 413. The number of rotatable bonds is 5. The minimum atomic E-state index is -0.961. The van der Waals surface area contributed by atoms with Crippen molar-refractivity contribution in [2.45, 2.75) is 38.5 Å². The van der Waals surface area contributed by atoms with Gasteiger partial charge in [-0.15, -0.1) is 0 Å². The summed E-state index contributed by atoms with van der Waals surface area (Å²) in [7, 11) is -0.961. The summed E-state index contributed by atoms with van der Waals surface area (Å²) in [5, 5.41) is 0. The monoisotopic (exact) mass is 269 g/mol. The molecule has 0 heterocycles. The van der Waals surface area contributed by atoms with Crippen LogP contribution in [0.1, 0.15) is 39.3 Å². The molecule has 0 spiro atoms. The lowest BCUT2D eigenvalue weighted by Gasteiger charge is -2.22. The number of para-hydroxylation sites is 1. The van der Waals surface area contributed by atoms with Gasteiger partial charge in [0.15, 0.2) is 0 Å². The van der Waals surface area contributed by atoms with Crippen molar-refractivity contribution >= 4 is 10.8 Å². The van der Waals surface area contributed by atoms with Crippen LogP contribution in [0.15, 0.2) is 24.3 Å². The Kier molecular flexibility index (Phi) is 5.35. The van der Waals surface area contributed by atoms with E-state index in [-0.39, 0.29) is 10.8 Å². The van der Waals surface area contributed by atoms with E-state index in [1.807, 2.05) is 52.0 Å². The summed E-state index contributed by atoms with van der Waals surface area (Å²) in [4.78, 5) is 0. The average Bonchev–Trinajstić information content (AvgIpc) is 2.28. The van der Waals surface area contributed by atoms with E-state index in [9.17, 15) is 4.21 Å². The van der Waals surface area contributed by atoms with E-state index in [4.69, 9.17) is 10.5 Å². The fourth-order valence-electron chi connectivity index (χ4n) is 1.58. The summed E-state index contributed by atoms with van der Waals surface area (Å²) < 4.78 is 17.4. The van der Waals surface area contributed by atoms with Gasteiger partial charge in [0, 0.05) is 32.9 Å². The van der Waals surface area contributed by atoms with Crippen molar-refractivity contribution in [2.24, 2.45) is 5.73 Å². The van der Waals surface area contributed by atoms with Crippen LogP contribution in [0.2, 0.25) is 0 Å². The van der Waals surface area contributed by atoms with E-state index in [0.29, 0.717) is 12.4 Å². The van der Waals surface area contributed by atoms with Gasteiger partial charge in [0.05, 0.1) is 6.61 Å². The third kappa shape index (κ3) is 4.10. The molecule has 0 saturated carbocycles. The molecule has 0 bridgehead atoms. The summed E-state index contributed by atoms with van der Waals surface area (Å²) in [5.74, 6) is 1.24. The molecule has 1 aromatic carbocycles. The molecular weight excluding hydrogens is 246 g/mol. The molecule has 0 aliphatic rings. The standard InChI is InChI=1S/C14H23NO2S/c1-5-17-13-9-7-6-8-11(13)12(15)10-18(16)14(2,3)4/h6-9,12H,5,10,15H2,1-4H3. The van der Waals surface area contributed by atoms with Gasteiger partial charge in [-0.25, -0.2) is 0 Å². The van der Waals surface area contributed by atoms with Gasteiger partial charge in [0.2, 0.25) is 0 Å². The van der Waals surface area contributed by atoms with E-state index in [1.165, 1.54) is 0 Å². The SMILES string of the molecule is CCOc1ccccc1C(N)CS(=O)C(C)(C)C. The van der Waals surface area contributed by atoms with Crippen LogP contribution >= 0.6 is 0 Å². The van der Waals surface area contributed by atoms with Crippen LogP contribution < -0.4 is 10.5 Å². The molecule has 0 aromatic heterocycles. The Labute approximate surface area is 112 Å². The smallest absolute Gasteiger partial charge is 0.124 e. The Balaban J connectivity index is 2.84. The van der Waals surface area contributed by atoms with Gasteiger partial charge in [0.1, 0.15) is 5.75 Å². The Morgan fingerprint density at radius 1 is 1.33 bits per heavy atom. The van der Waals surface area contributed by atoms with Crippen molar-refractivity contribution in [2.75, 3.05) is 12.4 Å². The molecule has 4 heteroatoms. The number of benzene rings is 1. The predicted octanol–water partition coefficient (Wildman–Crippen LogP) is 2.63. The van der Waals surface area contributed by atoms with Crippen molar-refractivity contribution in [1.82, 2.24) is 0 Å². The second-order valence-corrected chi connectivity index (χ2v) is 7.45. The van der Waals surface area contributed by atoms with E-state index >= 15 is 0 Å². The maximum Gasteiger partial charge on any atom is 0.124 e. The predicted molar refractivity (Wildman–Crippen MR) is 77.3 cm³/mol. The van der Waals surface area contributed by atoms with Crippen LogP contribution in [0.3, 0.4) is 0 Å². The van der Waals surface area contributed by atoms with Crippen LogP contribution in [-0.4, -0.2) is 21.3 Å². The highest BCUT2D eigenvalue weighted by Crippen LogP contribution is 2.26. The van der Waals surface area contributed by atoms with Gasteiger partial charge >= 0.3 is 0 Å². The topological polar surface area (TPSA) is 52.3 Å². The molecule has 18 heavy (non-hydrogen) atoms. The lowest BCUT2D eigenvalue weighted by atomic mass is 10.1. The molecule has 1 aromatic rings. The van der Waals surface area contributed by atoms with Crippen molar-refractivity contribution in [3.63, 3.8) is 0 Å². The minimum Gasteiger partial charge on any atom is -0.494 e. The molecule has 102 valence electrons. The lowest BCUT2D eigenvalue weighted by Crippen LogP contribution is -2.29. The number of ether oxygens (including phenoxy) is 1. The highest BCUT2D eigenvalue weighted by Gasteiger charge is 2.23. The summed E-state index contributed by atoms with van der Waals surface area (Å²) >= 11 is 0. The minimum absolute atomic E-state index is 0.238. The van der Waals surface area contributed by atoms with Gasteiger partial charge in [-0.05, 0) is 33.8 Å². The van der Waals surface area contributed by atoms with Crippen LogP contribution in [0.5, 0.6) is 5.75 Å². The quantitative estimate of drug-likeness (QED) is 0.894.